The van der Waals surface area contributed by atoms with Crippen molar-refractivity contribution < 1.29 is 24.0 Å². The first-order valence-corrected chi connectivity index (χ1v) is 9.14. The number of nitro benzene ring substituents is 1. The van der Waals surface area contributed by atoms with Crippen LogP contribution in [0.4, 0.5) is 16.2 Å². The third-order valence-electron chi connectivity index (χ3n) is 3.67. The molecule has 1 aromatic heterocycles. The van der Waals surface area contributed by atoms with Gasteiger partial charge in [-0.3, -0.25) is 10.1 Å². The zero-order valence-electron chi connectivity index (χ0n) is 15.4. The SMILES string of the molecule is COCCCN(Cc1nc(C(=O)OC)cs1)C(=O)Nc1ccc([N+](=O)[O-])cc1. The number of non-ortho nitro benzene ring substituents is 1. The van der Waals surface area contributed by atoms with E-state index in [1.54, 1.807) is 12.5 Å². The number of rotatable bonds is 9. The molecule has 1 heterocycles. The van der Waals surface area contributed by atoms with Gasteiger partial charge in [-0.2, -0.15) is 0 Å². The molecule has 0 unspecified atom stereocenters. The molecule has 0 saturated carbocycles. The van der Waals surface area contributed by atoms with Gasteiger partial charge in [-0.1, -0.05) is 0 Å². The van der Waals surface area contributed by atoms with Gasteiger partial charge >= 0.3 is 12.0 Å². The van der Waals surface area contributed by atoms with Gasteiger partial charge in [-0.15, -0.1) is 11.3 Å². The van der Waals surface area contributed by atoms with E-state index in [9.17, 15) is 19.7 Å². The maximum atomic E-state index is 12.7. The monoisotopic (exact) mass is 408 g/mol. The third-order valence-corrected chi connectivity index (χ3v) is 4.50. The Morgan fingerprint density at radius 2 is 2.00 bits per heavy atom. The van der Waals surface area contributed by atoms with Crippen LogP contribution in [0.2, 0.25) is 0 Å². The van der Waals surface area contributed by atoms with Crippen LogP contribution < -0.4 is 5.32 Å². The number of benzene rings is 1. The number of carbonyl (C=O) groups is 2. The van der Waals surface area contributed by atoms with Crippen molar-refractivity contribution in [2.75, 3.05) is 32.7 Å². The van der Waals surface area contributed by atoms with Crippen LogP contribution in [-0.4, -0.2) is 54.2 Å². The maximum Gasteiger partial charge on any atom is 0.357 e. The van der Waals surface area contributed by atoms with E-state index in [1.807, 2.05) is 0 Å². The van der Waals surface area contributed by atoms with Crippen LogP contribution in [0.15, 0.2) is 29.6 Å². The Kier molecular flexibility index (Phi) is 7.84. The number of hydrogen-bond donors (Lipinski definition) is 1. The predicted molar refractivity (Wildman–Crippen MR) is 102 cm³/mol. The molecule has 1 N–H and O–H groups in total. The lowest BCUT2D eigenvalue weighted by Gasteiger charge is -2.22. The van der Waals surface area contributed by atoms with E-state index in [0.29, 0.717) is 30.3 Å². The summed E-state index contributed by atoms with van der Waals surface area (Å²) in [5.41, 5.74) is 0.560. The fraction of sp³-hybridized carbons (Fsp3) is 0.353. The number of hydrogen-bond acceptors (Lipinski definition) is 8. The average molecular weight is 408 g/mol. The zero-order valence-corrected chi connectivity index (χ0v) is 16.2. The van der Waals surface area contributed by atoms with Crippen molar-refractivity contribution in [1.82, 2.24) is 9.88 Å². The first-order valence-electron chi connectivity index (χ1n) is 8.26. The molecule has 0 atom stereocenters. The summed E-state index contributed by atoms with van der Waals surface area (Å²) in [5, 5.41) is 15.6. The number of amides is 2. The second kappa shape index (κ2) is 10.3. The summed E-state index contributed by atoms with van der Waals surface area (Å²) in [5.74, 6) is -0.538. The molecule has 28 heavy (non-hydrogen) atoms. The van der Waals surface area contributed by atoms with Gasteiger partial charge in [0.1, 0.15) is 5.01 Å². The molecule has 0 bridgehead atoms. The molecular formula is C17H20N4O6S. The number of nitrogens with zero attached hydrogens (tertiary/aromatic N) is 3. The number of carbonyl (C=O) groups excluding carboxylic acids is 2. The Balaban J connectivity index is 2.07. The lowest BCUT2D eigenvalue weighted by molar-refractivity contribution is -0.384. The highest BCUT2D eigenvalue weighted by Crippen LogP contribution is 2.18. The highest BCUT2D eigenvalue weighted by Gasteiger charge is 2.18. The molecule has 2 amide bonds. The lowest BCUT2D eigenvalue weighted by atomic mass is 10.3. The molecule has 2 rings (SSSR count). The van der Waals surface area contributed by atoms with Crippen molar-refractivity contribution in [3.63, 3.8) is 0 Å². The van der Waals surface area contributed by atoms with Crippen LogP contribution in [0.25, 0.3) is 0 Å². The van der Waals surface area contributed by atoms with Gasteiger partial charge in [0, 0.05) is 43.5 Å². The van der Waals surface area contributed by atoms with Crippen molar-refractivity contribution in [1.29, 1.82) is 0 Å². The fourth-order valence-electron chi connectivity index (χ4n) is 2.27. The third kappa shape index (κ3) is 5.99. The molecule has 0 saturated heterocycles. The summed E-state index contributed by atoms with van der Waals surface area (Å²) < 4.78 is 9.66. The number of methoxy groups -OCH3 is 2. The maximum absolute atomic E-state index is 12.7. The number of anilines is 1. The van der Waals surface area contributed by atoms with Gasteiger partial charge in [0.05, 0.1) is 18.6 Å². The van der Waals surface area contributed by atoms with E-state index >= 15 is 0 Å². The zero-order chi connectivity index (χ0) is 20.5. The molecule has 10 nitrogen and oxygen atoms in total. The van der Waals surface area contributed by atoms with Crippen molar-refractivity contribution in [3.05, 3.63) is 50.5 Å². The fourth-order valence-corrected chi connectivity index (χ4v) is 3.04. The van der Waals surface area contributed by atoms with Crippen LogP contribution >= 0.6 is 11.3 Å². The Hall–Kier alpha value is -3.05. The standard InChI is InChI=1S/C17H20N4O6S/c1-26-9-3-8-20(10-15-19-14(11-28-15)16(22)27-2)17(23)18-12-4-6-13(7-5-12)21(24)25/h4-7,11H,3,8-10H2,1-2H3,(H,18,23). The Bertz CT molecular complexity index is 823. The molecule has 150 valence electrons. The van der Waals surface area contributed by atoms with Gasteiger partial charge in [-0.05, 0) is 18.6 Å². The summed E-state index contributed by atoms with van der Waals surface area (Å²) in [4.78, 5) is 40.1. The number of urea groups is 1. The average Bonchev–Trinajstić information content (AvgIpc) is 3.15. The molecule has 0 aliphatic rings. The van der Waals surface area contributed by atoms with E-state index in [4.69, 9.17) is 4.74 Å². The van der Waals surface area contributed by atoms with Crippen molar-refractivity contribution in [2.45, 2.75) is 13.0 Å². The minimum Gasteiger partial charge on any atom is -0.464 e. The van der Waals surface area contributed by atoms with Crippen LogP contribution in [0.1, 0.15) is 21.9 Å². The second-order valence-electron chi connectivity index (χ2n) is 5.62. The Labute approximate surface area is 165 Å². The molecule has 0 aliphatic heterocycles. The minimum absolute atomic E-state index is 0.0620. The van der Waals surface area contributed by atoms with E-state index in [0.717, 1.165) is 0 Å². The molecule has 0 fully saturated rings. The summed E-state index contributed by atoms with van der Waals surface area (Å²) in [7, 11) is 2.85. The molecule has 0 radical (unpaired) electrons. The lowest BCUT2D eigenvalue weighted by Crippen LogP contribution is -2.35. The second-order valence-corrected chi connectivity index (χ2v) is 6.56. The van der Waals surface area contributed by atoms with Gasteiger partial charge in [0.15, 0.2) is 5.69 Å². The van der Waals surface area contributed by atoms with Crippen molar-refractivity contribution >= 4 is 34.7 Å². The van der Waals surface area contributed by atoms with Crippen molar-refractivity contribution in [2.24, 2.45) is 0 Å². The van der Waals surface area contributed by atoms with E-state index in [1.165, 1.54) is 47.6 Å². The highest BCUT2D eigenvalue weighted by molar-refractivity contribution is 7.09. The highest BCUT2D eigenvalue weighted by atomic mass is 32.1. The first kappa shape index (κ1) is 21.3. The van der Waals surface area contributed by atoms with Gasteiger partial charge < -0.3 is 19.7 Å². The minimum atomic E-state index is -0.538. The molecule has 0 aliphatic carbocycles. The number of ether oxygens (including phenoxy) is 2. The quantitative estimate of drug-likeness (QED) is 0.293. The summed E-state index contributed by atoms with van der Waals surface area (Å²) in [6.07, 6.45) is 0.611. The summed E-state index contributed by atoms with van der Waals surface area (Å²) >= 11 is 1.25. The summed E-state index contributed by atoms with van der Waals surface area (Å²) in [6, 6.07) is 5.16. The van der Waals surface area contributed by atoms with Gasteiger partial charge in [0.2, 0.25) is 0 Å². The molecule has 11 heteroatoms. The van der Waals surface area contributed by atoms with Gasteiger partial charge in [-0.25, -0.2) is 14.6 Å². The Morgan fingerprint density at radius 3 is 2.61 bits per heavy atom. The van der Waals surface area contributed by atoms with Gasteiger partial charge in [0.25, 0.3) is 5.69 Å². The van der Waals surface area contributed by atoms with E-state index in [2.05, 4.69) is 15.0 Å². The molecular weight excluding hydrogens is 388 g/mol. The number of nitrogens with one attached hydrogen (secondary N) is 1. The molecule has 0 spiro atoms. The predicted octanol–water partition coefficient (Wildman–Crippen LogP) is 2.91. The number of aromatic nitrogens is 1. The molecule has 1 aromatic carbocycles. The topological polar surface area (TPSA) is 124 Å². The normalized spacial score (nSPS) is 10.4. The van der Waals surface area contributed by atoms with Crippen LogP contribution in [0.3, 0.4) is 0 Å². The number of thiazole rings is 1. The molecule has 2 aromatic rings. The Morgan fingerprint density at radius 1 is 1.29 bits per heavy atom. The number of esters is 1. The first-order chi connectivity index (χ1) is 13.4. The van der Waals surface area contributed by atoms with E-state index in [-0.39, 0.29) is 24.0 Å². The smallest absolute Gasteiger partial charge is 0.357 e. The van der Waals surface area contributed by atoms with E-state index < -0.39 is 10.9 Å². The largest absolute Gasteiger partial charge is 0.464 e. The van der Waals surface area contributed by atoms with Crippen molar-refractivity contribution in [3.8, 4) is 0 Å². The van der Waals surface area contributed by atoms with Crippen LogP contribution in [0.5, 0.6) is 0 Å². The van der Waals surface area contributed by atoms with Crippen LogP contribution in [0, 0.1) is 10.1 Å². The number of nitro groups is 1. The summed E-state index contributed by atoms with van der Waals surface area (Å²) in [6.45, 7) is 1.08. The van der Waals surface area contributed by atoms with Crippen LogP contribution in [-0.2, 0) is 16.0 Å².